The SMILES string of the molecule is CCC1CC(C(=O)N2CCC[C@H](C(=O)O)[C@@H]2C)CCO1. The molecule has 1 amide bonds. The number of amides is 1. The maximum atomic E-state index is 12.7. The van der Waals surface area contributed by atoms with Gasteiger partial charge in [-0.25, -0.2) is 0 Å². The van der Waals surface area contributed by atoms with Gasteiger partial charge in [0, 0.05) is 25.1 Å². The van der Waals surface area contributed by atoms with E-state index in [-0.39, 0.29) is 24.0 Å². The average Bonchev–Trinajstić information content (AvgIpc) is 2.46. The van der Waals surface area contributed by atoms with Crippen molar-refractivity contribution in [3.63, 3.8) is 0 Å². The maximum Gasteiger partial charge on any atom is 0.308 e. The molecule has 0 aromatic rings. The van der Waals surface area contributed by atoms with Crippen molar-refractivity contribution in [3.05, 3.63) is 0 Å². The number of hydrogen-bond donors (Lipinski definition) is 1. The molecule has 2 heterocycles. The second-order valence-electron chi connectivity index (χ2n) is 5.98. The number of ether oxygens (including phenoxy) is 1. The number of carboxylic acids is 1. The van der Waals surface area contributed by atoms with Gasteiger partial charge in [-0.3, -0.25) is 9.59 Å². The summed E-state index contributed by atoms with van der Waals surface area (Å²) in [6.45, 7) is 5.27. The molecule has 5 heteroatoms. The zero-order valence-electron chi connectivity index (χ0n) is 12.4. The molecule has 1 N–H and O–H groups in total. The lowest BCUT2D eigenvalue weighted by molar-refractivity contribution is -0.152. The zero-order chi connectivity index (χ0) is 14.7. The number of rotatable bonds is 3. The summed E-state index contributed by atoms with van der Waals surface area (Å²) in [6, 6.07) is -0.198. The van der Waals surface area contributed by atoms with E-state index in [4.69, 9.17) is 4.74 Å². The molecule has 5 nitrogen and oxygen atoms in total. The first-order chi connectivity index (χ1) is 9.54. The van der Waals surface area contributed by atoms with Crippen LogP contribution in [0.1, 0.15) is 46.0 Å². The molecule has 0 saturated carbocycles. The van der Waals surface area contributed by atoms with Crippen molar-refractivity contribution in [1.29, 1.82) is 0 Å². The Morgan fingerprint density at radius 3 is 2.75 bits per heavy atom. The number of piperidine rings is 1. The molecule has 2 fully saturated rings. The van der Waals surface area contributed by atoms with Gasteiger partial charge in [0.05, 0.1) is 12.0 Å². The highest BCUT2D eigenvalue weighted by Crippen LogP contribution is 2.29. The van der Waals surface area contributed by atoms with Crippen molar-refractivity contribution in [2.24, 2.45) is 11.8 Å². The van der Waals surface area contributed by atoms with Gasteiger partial charge in [-0.15, -0.1) is 0 Å². The Balaban J connectivity index is 2.02. The molecule has 0 bridgehead atoms. The lowest BCUT2D eigenvalue weighted by Gasteiger charge is -2.40. The van der Waals surface area contributed by atoms with Gasteiger partial charge in [-0.1, -0.05) is 6.92 Å². The third-order valence-corrected chi connectivity index (χ3v) is 4.76. The minimum absolute atomic E-state index is 0.00342. The topological polar surface area (TPSA) is 66.8 Å². The minimum Gasteiger partial charge on any atom is -0.481 e. The molecule has 2 aliphatic heterocycles. The van der Waals surface area contributed by atoms with Gasteiger partial charge < -0.3 is 14.7 Å². The summed E-state index contributed by atoms with van der Waals surface area (Å²) in [5, 5.41) is 9.24. The number of likely N-dealkylation sites (tertiary alicyclic amines) is 1. The van der Waals surface area contributed by atoms with E-state index >= 15 is 0 Å². The minimum atomic E-state index is -0.784. The van der Waals surface area contributed by atoms with E-state index in [1.54, 1.807) is 4.90 Å². The van der Waals surface area contributed by atoms with E-state index in [1.807, 2.05) is 6.92 Å². The van der Waals surface area contributed by atoms with Crippen LogP contribution in [-0.2, 0) is 14.3 Å². The van der Waals surface area contributed by atoms with Crippen LogP contribution >= 0.6 is 0 Å². The first-order valence-electron chi connectivity index (χ1n) is 7.69. The Kier molecular flexibility index (Phi) is 5.02. The van der Waals surface area contributed by atoms with Gasteiger partial charge in [0.2, 0.25) is 5.91 Å². The fourth-order valence-corrected chi connectivity index (χ4v) is 3.41. The largest absolute Gasteiger partial charge is 0.481 e. The van der Waals surface area contributed by atoms with Crippen molar-refractivity contribution in [2.75, 3.05) is 13.2 Å². The monoisotopic (exact) mass is 283 g/mol. The third kappa shape index (κ3) is 3.14. The Morgan fingerprint density at radius 2 is 2.10 bits per heavy atom. The molecule has 0 radical (unpaired) electrons. The molecule has 2 unspecified atom stereocenters. The first-order valence-corrected chi connectivity index (χ1v) is 7.69. The fraction of sp³-hybridized carbons (Fsp3) is 0.867. The van der Waals surface area contributed by atoms with Gasteiger partial charge in [0.15, 0.2) is 0 Å². The van der Waals surface area contributed by atoms with Gasteiger partial charge in [-0.2, -0.15) is 0 Å². The molecule has 114 valence electrons. The predicted octanol–water partition coefficient (Wildman–Crippen LogP) is 1.90. The van der Waals surface area contributed by atoms with Crippen molar-refractivity contribution in [3.8, 4) is 0 Å². The zero-order valence-corrected chi connectivity index (χ0v) is 12.4. The summed E-state index contributed by atoms with van der Waals surface area (Å²) >= 11 is 0. The normalized spacial score (nSPS) is 34.8. The Hall–Kier alpha value is -1.10. The second-order valence-corrected chi connectivity index (χ2v) is 5.98. The van der Waals surface area contributed by atoms with Crippen LogP contribution in [0.3, 0.4) is 0 Å². The van der Waals surface area contributed by atoms with Crippen LogP contribution in [0.5, 0.6) is 0 Å². The second kappa shape index (κ2) is 6.57. The summed E-state index contributed by atoms with van der Waals surface area (Å²) in [6.07, 6.45) is 4.09. The number of nitrogens with zero attached hydrogens (tertiary/aromatic N) is 1. The smallest absolute Gasteiger partial charge is 0.308 e. The summed E-state index contributed by atoms with van der Waals surface area (Å²) < 4.78 is 5.62. The highest BCUT2D eigenvalue weighted by Gasteiger charge is 2.38. The van der Waals surface area contributed by atoms with Gasteiger partial charge >= 0.3 is 5.97 Å². The van der Waals surface area contributed by atoms with Gasteiger partial charge in [-0.05, 0) is 39.0 Å². The van der Waals surface area contributed by atoms with E-state index in [9.17, 15) is 14.7 Å². The molecule has 4 atom stereocenters. The Labute approximate surface area is 120 Å². The lowest BCUT2D eigenvalue weighted by atomic mass is 9.87. The quantitative estimate of drug-likeness (QED) is 0.859. The van der Waals surface area contributed by atoms with E-state index in [0.29, 0.717) is 19.6 Å². The molecule has 0 aromatic heterocycles. The van der Waals surface area contributed by atoms with Gasteiger partial charge in [0.1, 0.15) is 0 Å². The van der Waals surface area contributed by atoms with E-state index in [0.717, 1.165) is 25.7 Å². The van der Waals surface area contributed by atoms with Crippen LogP contribution < -0.4 is 0 Å². The van der Waals surface area contributed by atoms with Crippen LogP contribution in [0.15, 0.2) is 0 Å². The lowest BCUT2D eigenvalue weighted by Crippen LogP contribution is -2.52. The predicted molar refractivity (Wildman–Crippen MR) is 74.3 cm³/mol. The van der Waals surface area contributed by atoms with E-state index < -0.39 is 11.9 Å². The first kappa shape index (κ1) is 15.3. The van der Waals surface area contributed by atoms with Crippen LogP contribution in [0, 0.1) is 11.8 Å². The van der Waals surface area contributed by atoms with Crippen molar-refractivity contribution < 1.29 is 19.4 Å². The highest BCUT2D eigenvalue weighted by atomic mass is 16.5. The molecule has 2 saturated heterocycles. The number of aliphatic carboxylic acids is 1. The molecular formula is C15H25NO4. The molecule has 0 aromatic carbocycles. The Morgan fingerprint density at radius 1 is 1.35 bits per heavy atom. The molecule has 2 aliphatic rings. The summed E-state index contributed by atoms with van der Waals surface area (Å²) in [5.41, 5.74) is 0. The summed E-state index contributed by atoms with van der Waals surface area (Å²) in [7, 11) is 0. The highest BCUT2D eigenvalue weighted by molar-refractivity contribution is 5.81. The number of carbonyl (C=O) groups is 2. The molecule has 20 heavy (non-hydrogen) atoms. The van der Waals surface area contributed by atoms with Crippen LogP contribution in [0.25, 0.3) is 0 Å². The van der Waals surface area contributed by atoms with Crippen LogP contribution in [0.2, 0.25) is 0 Å². The number of carbonyl (C=O) groups excluding carboxylic acids is 1. The third-order valence-electron chi connectivity index (χ3n) is 4.76. The van der Waals surface area contributed by atoms with E-state index in [2.05, 4.69) is 6.92 Å². The number of hydrogen-bond acceptors (Lipinski definition) is 3. The molecule has 0 aliphatic carbocycles. The maximum absolute atomic E-state index is 12.7. The van der Waals surface area contributed by atoms with Gasteiger partial charge in [0.25, 0.3) is 0 Å². The summed E-state index contributed by atoms with van der Waals surface area (Å²) in [5.74, 6) is -1.07. The number of carboxylic acid groups (broad SMARTS) is 1. The fourth-order valence-electron chi connectivity index (χ4n) is 3.41. The van der Waals surface area contributed by atoms with E-state index in [1.165, 1.54) is 0 Å². The summed E-state index contributed by atoms with van der Waals surface area (Å²) in [4.78, 5) is 25.7. The average molecular weight is 283 g/mol. The molecule has 0 spiro atoms. The Bertz CT molecular complexity index is 371. The van der Waals surface area contributed by atoms with Crippen molar-refractivity contribution in [1.82, 2.24) is 4.90 Å². The van der Waals surface area contributed by atoms with Crippen LogP contribution in [-0.4, -0.2) is 47.2 Å². The van der Waals surface area contributed by atoms with Crippen LogP contribution in [0.4, 0.5) is 0 Å². The van der Waals surface area contributed by atoms with Crippen molar-refractivity contribution in [2.45, 2.75) is 58.1 Å². The van der Waals surface area contributed by atoms with Crippen molar-refractivity contribution >= 4 is 11.9 Å². The standard InChI is InChI=1S/C15H25NO4/c1-3-12-9-11(6-8-20-12)14(17)16-7-4-5-13(10(16)2)15(18)19/h10-13H,3-9H2,1-2H3,(H,18,19)/t10-,11?,12?,13-/m0/s1. The molecule has 2 rings (SSSR count). The molecular weight excluding hydrogens is 258 g/mol.